The summed E-state index contributed by atoms with van der Waals surface area (Å²) < 4.78 is 10.5. The Morgan fingerprint density at radius 3 is 2.39 bits per heavy atom. The van der Waals surface area contributed by atoms with Gasteiger partial charge in [0.25, 0.3) is 11.8 Å². The zero-order valence-corrected chi connectivity index (χ0v) is 16.3. The Morgan fingerprint density at radius 1 is 1.00 bits per heavy atom. The van der Waals surface area contributed by atoms with Crippen LogP contribution in [-0.2, 0) is 0 Å². The molecule has 2 aromatic rings. The number of carbonyl (C=O) groups is 2. The first-order valence-corrected chi connectivity index (χ1v) is 8.98. The van der Waals surface area contributed by atoms with E-state index in [1.54, 1.807) is 36.3 Å². The van der Waals surface area contributed by atoms with Crippen molar-refractivity contribution in [2.45, 2.75) is 0 Å². The third-order valence-corrected chi connectivity index (χ3v) is 4.69. The van der Waals surface area contributed by atoms with Crippen LogP contribution < -0.4 is 14.8 Å². The number of hydrogen-bond acceptors (Lipinski definition) is 6. The molecule has 0 bridgehead atoms. The van der Waals surface area contributed by atoms with Crippen molar-refractivity contribution in [3.8, 4) is 11.5 Å². The van der Waals surface area contributed by atoms with Gasteiger partial charge in [0.15, 0.2) is 0 Å². The lowest BCUT2D eigenvalue weighted by Gasteiger charge is -2.32. The number of aromatic nitrogens is 1. The molecule has 8 heteroatoms. The quantitative estimate of drug-likeness (QED) is 0.845. The number of methoxy groups -OCH3 is 2. The zero-order valence-electron chi connectivity index (χ0n) is 16.3. The molecule has 1 aliphatic rings. The molecule has 1 saturated heterocycles. The van der Waals surface area contributed by atoms with E-state index in [1.807, 2.05) is 7.05 Å². The van der Waals surface area contributed by atoms with Gasteiger partial charge in [0.1, 0.15) is 11.5 Å². The standard InChI is InChI=1S/C20H24N4O4/c1-23-6-8-24(9-7-23)20(26)15-10-14(12-21-13-15)19(25)22-17-5-4-16(27-2)11-18(17)28-3/h4-5,10-13H,6-9H2,1-3H3,(H,22,25). The maximum Gasteiger partial charge on any atom is 0.257 e. The topological polar surface area (TPSA) is 84.0 Å². The van der Waals surface area contributed by atoms with Gasteiger partial charge in [0, 0.05) is 44.6 Å². The van der Waals surface area contributed by atoms with Crippen LogP contribution in [0.4, 0.5) is 5.69 Å². The number of piperazine rings is 1. The number of nitrogens with zero attached hydrogens (tertiary/aromatic N) is 3. The van der Waals surface area contributed by atoms with E-state index in [-0.39, 0.29) is 11.8 Å². The van der Waals surface area contributed by atoms with Crippen LogP contribution in [0.2, 0.25) is 0 Å². The summed E-state index contributed by atoms with van der Waals surface area (Å²) in [6.07, 6.45) is 2.93. The lowest BCUT2D eigenvalue weighted by molar-refractivity contribution is 0.0663. The van der Waals surface area contributed by atoms with Crippen molar-refractivity contribution in [2.75, 3.05) is 52.8 Å². The van der Waals surface area contributed by atoms with Crippen molar-refractivity contribution in [1.29, 1.82) is 0 Å². The molecule has 1 N–H and O–H groups in total. The van der Waals surface area contributed by atoms with Crippen LogP contribution in [0.3, 0.4) is 0 Å². The number of amides is 2. The third kappa shape index (κ3) is 4.40. The van der Waals surface area contributed by atoms with Gasteiger partial charge in [0.05, 0.1) is 31.0 Å². The van der Waals surface area contributed by atoms with Crippen LogP contribution in [0.1, 0.15) is 20.7 Å². The Morgan fingerprint density at radius 2 is 1.71 bits per heavy atom. The van der Waals surface area contributed by atoms with Crippen LogP contribution in [0.25, 0.3) is 0 Å². The predicted octanol–water partition coefficient (Wildman–Crippen LogP) is 1.74. The second-order valence-electron chi connectivity index (χ2n) is 6.58. The number of carbonyl (C=O) groups excluding carboxylic acids is 2. The minimum absolute atomic E-state index is 0.114. The average molecular weight is 384 g/mol. The molecule has 0 atom stereocenters. The number of rotatable bonds is 5. The largest absolute Gasteiger partial charge is 0.497 e. The minimum Gasteiger partial charge on any atom is -0.497 e. The van der Waals surface area contributed by atoms with Gasteiger partial charge in [-0.2, -0.15) is 0 Å². The zero-order chi connectivity index (χ0) is 20.1. The first-order valence-electron chi connectivity index (χ1n) is 8.98. The van der Waals surface area contributed by atoms with Crippen molar-refractivity contribution in [1.82, 2.24) is 14.8 Å². The predicted molar refractivity (Wildman–Crippen MR) is 105 cm³/mol. The van der Waals surface area contributed by atoms with E-state index in [2.05, 4.69) is 15.2 Å². The number of nitrogens with one attached hydrogen (secondary N) is 1. The fourth-order valence-corrected chi connectivity index (χ4v) is 2.97. The van der Waals surface area contributed by atoms with Crippen LogP contribution in [0, 0.1) is 0 Å². The van der Waals surface area contributed by atoms with Gasteiger partial charge in [-0.3, -0.25) is 14.6 Å². The van der Waals surface area contributed by atoms with E-state index in [0.29, 0.717) is 41.4 Å². The van der Waals surface area contributed by atoms with E-state index in [4.69, 9.17) is 9.47 Å². The van der Waals surface area contributed by atoms with Crippen molar-refractivity contribution in [2.24, 2.45) is 0 Å². The molecule has 0 unspecified atom stereocenters. The van der Waals surface area contributed by atoms with E-state index in [1.165, 1.54) is 19.5 Å². The number of anilines is 1. The number of benzene rings is 1. The first kappa shape index (κ1) is 19.6. The Hall–Kier alpha value is -3.13. The molecule has 148 valence electrons. The van der Waals surface area contributed by atoms with Gasteiger partial charge in [-0.15, -0.1) is 0 Å². The van der Waals surface area contributed by atoms with Crippen LogP contribution in [0.15, 0.2) is 36.7 Å². The van der Waals surface area contributed by atoms with Crippen LogP contribution >= 0.6 is 0 Å². The molecule has 0 spiro atoms. The SMILES string of the molecule is COc1ccc(NC(=O)c2cncc(C(=O)N3CCN(C)CC3)c2)c(OC)c1. The molecule has 28 heavy (non-hydrogen) atoms. The molecule has 8 nitrogen and oxygen atoms in total. The van der Waals surface area contributed by atoms with Gasteiger partial charge in [0.2, 0.25) is 0 Å². The molecule has 3 rings (SSSR count). The van der Waals surface area contributed by atoms with Gasteiger partial charge in [-0.1, -0.05) is 0 Å². The van der Waals surface area contributed by atoms with Gasteiger partial charge >= 0.3 is 0 Å². The Kier molecular flexibility index (Phi) is 6.10. The molecular weight excluding hydrogens is 360 g/mol. The number of likely N-dealkylation sites (N-methyl/N-ethyl adjacent to an activating group) is 1. The smallest absolute Gasteiger partial charge is 0.257 e. The van der Waals surface area contributed by atoms with E-state index < -0.39 is 0 Å². The Balaban J connectivity index is 1.75. The fraction of sp³-hybridized carbons (Fsp3) is 0.350. The summed E-state index contributed by atoms with van der Waals surface area (Å²) in [4.78, 5) is 33.4. The second-order valence-corrected chi connectivity index (χ2v) is 6.58. The molecular formula is C20H24N4O4. The summed E-state index contributed by atoms with van der Waals surface area (Å²) >= 11 is 0. The summed E-state index contributed by atoms with van der Waals surface area (Å²) in [5.41, 5.74) is 1.21. The van der Waals surface area contributed by atoms with Crippen LogP contribution in [-0.4, -0.2) is 74.0 Å². The molecule has 2 heterocycles. The van der Waals surface area contributed by atoms with Gasteiger partial charge in [-0.05, 0) is 25.2 Å². The second kappa shape index (κ2) is 8.71. The molecule has 1 aliphatic heterocycles. The van der Waals surface area contributed by atoms with E-state index in [9.17, 15) is 9.59 Å². The van der Waals surface area contributed by atoms with Crippen LogP contribution in [0.5, 0.6) is 11.5 Å². The molecule has 0 radical (unpaired) electrons. The molecule has 0 aliphatic carbocycles. The summed E-state index contributed by atoms with van der Waals surface area (Å²) in [6, 6.07) is 6.67. The summed E-state index contributed by atoms with van der Waals surface area (Å²) in [5, 5.41) is 2.79. The molecule has 1 fully saturated rings. The number of hydrogen-bond donors (Lipinski definition) is 1. The molecule has 0 saturated carbocycles. The number of ether oxygens (including phenoxy) is 2. The van der Waals surface area contributed by atoms with Crippen molar-refractivity contribution < 1.29 is 19.1 Å². The molecule has 1 aromatic heterocycles. The summed E-state index contributed by atoms with van der Waals surface area (Å²) in [6.45, 7) is 2.98. The number of pyridine rings is 1. The highest BCUT2D eigenvalue weighted by Gasteiger charge is 2.21. The van der Waals surface area contributed by atoms with E-state index in [0.717, 1.165) is 13.1 Å². The lowest BCUT2D eigenvalue weighted by Crippen LogP contribution is -2.47. The summed E-state index contributed by atoms with van der Waals surface area (Å²) in [5.74, 6) is 0.614. The molecule has 2 amide bonds. The van der Waals surface area contributed by atoms with Crippen molar-refractivity contribution in [3.63, 3.8) is 0 Å². The van der Waals surface area contributed by atoms with Crippen molar-refractivity contribution >= 4 is 17.5 Å². The lowest BCUT2D eigenvalue weighted by atomic mass is 10.1. The minimum atomic E-state index is -0.371. The molecule has 1 aromatic carbocycles. The maximum atomic E-state index is 12.7. The van der Waals surface area contributed by atoms with E-state index >= 15 is 0 Å². The highest BCUT2D eigenvalue weighted by Crippen LogP contribution is 2.29. The average Bonchev–Trinajstić information content (AvgIpc) is 2.74. The highest BCUT2D eigenvalue weighted by atomic mass is 16.5. The third-order valence-electron chi connectivity index (χ3n) is 4.69. The fourth-order valence-electron chi connectivity index (χ4n) is 2.97. The van der Waals surface area contributed by atoms with Crippen molar-refractivity contribution in [3.05, 3.63) is 47.8 Å². The first-order chi connectivity index (χ1) is 13.5. The Labute approximate surface area is 164 Å². The maximum absolute atomic E-state index is 12.7. The highest BCUT2D eigenvalue weighted by molar-refractivity contribution is 6.06. The monoisotopic (exact) mass is 384 g/mol. The Bertz CT molecular complexity index is 863. The van der Waals surface area contributed by atoms with Gasteiger partial charge in [-0.25, -0.2) is 0 Å². The van der Waals surface area contributed by atoms with Gasteiger partial charge < -0.3 is 24.6 Å². The summed E-state index contributed by atoms with van der Waals surface area (Å²) in [7, 11) is 5.10. The normalized spacial score (nSPS) is 14.5.